The first-order valence-corrected chi connectivity index (χ1v) is 26.2. The minimum Gasteiger partial charge on any atom is -0.309 e. The summed E-state index contributed by atoms with van der Waals surface area (Å²) in [6, 6.07) is 86.1. The molecule has 0 radical (unpaired) electrons. The molecule has 0 saturated carbocycles. The molecule has 10 aromatic carbocycles. The van der Waals surface area contributed by atoms with Crippen molar-refractivity contribution in [1.82, 2.24) is 28.2 Å². The molecule has 76 heavy (non-hydrogen) atoms. The van der Waals surface area contributed by atoms with Gasteiger partial charge in [-0.25, -0.2) is 9.97 Å². The average molecular weight is 971 g/mol. The fourth-order valence-corrected chi connectivity index (χ4v) is 12.6. The third kappa shape index (κ3) is 6.28. The number of rotatable bonds is 7. The van der Waals surface area contributed by atoms with Crippen LogP contribution in [-0.4, -0.2) is 28.2 Å². The third-order valence-electron chi connectivity index (χ3n) is 15.8. The van der Waals surface area contributed by atoms with Crippen LogP contribution in [0.2, 0.25) is 0 Å². The summed E-state index contributed by atoms with van der Waals surface area (Å²) in [7, 11) is 0. The number of nitrogens with zero attached hydrogens (tertiary/aromatic N) is 6. The van der Waals surface area contributed by atoms with E-state index in [9.17, 15) is 0 Å². The van der Waals surface area contributed by atoms with Gasteiger partial charge in [0.25, 0.3) is 0 Å². The van der Waals surface area contributed by atoms with E-state index in [1.807, 2.05) is 0 Å². The molecule has 0 amide bonds. The van der Waals surface area contributed by atoms with Crippen LogP contribution in [0.25, 0.3) is 138 Å². The van der Waals surface area contributed by atoms with E-state index in [2.05, 4.69) is 273 Å². The Morgan fingerprint density at radius 3 is 1.53 bits per heavy atom. The molecule has 356 valence electrons. The van der Waals surface area contributed by atoms with Crippen LogP contribution in [0.5, 0.6) is 0 Å². The van der Waals surface area contributed by atoms with Gasteiger partial charge in [-0.2, -0.15) is 0 Å². The predicted octanol–water partition coefficient (Wildman–Crippen LogP) is 17.9. The van der Waals surface area contributed by atoms with Crippen LogP contribution in [0.4, 0.5) is 0 Å². The molecule has 0 bridgehead atoms. The Hall–Kier alpha value is -10.0. The number of para-hydroxylation sites is 6. The summed E-state index contributed by atoms with van der Waals surface area (Å²) in [5.41, 5.74) is 18.7. The number of hydrogen-bond donors (Lipinski definition) is 0. The van der Waals surface area contributed by atoms with Crippen molar-refractivity contribution >= 4 is 92.8 Å². The van der Waals surface area contributed by atoms with E-state index in [1.165, 1.54) is 54.1 Å². The van der Waals surface area contributed by atoms with Crippen molar-refractivity contribution in [3.05, 3.63) is 261 Å². The molecule has 0 saturated heterocycles. The van der Waals surface area contributed by atoms with Crippen molar-refractivity contribution in [1.29, 1.82) is 0 Å². The van der Waals surface area contributed by atoms with E-state index in [0.29, 0.717) is 0 Å². The highest BCUT2D eigenvalue weighted by Gasteiger charge is 2.26. The maximum Gasteiger partial charge on any atom is 0.160 e. The Bertz CT molecular complexity index is 4900. The molecule has 0 fully saturated rings. The van der Waals surface area contributed by atoms with Gasteiger partial charge in [-0.05, 0) is 97.8 Å². The third-order valence-corrected chi connectivity index (χ3v) is 15.8. The lowest BCUT2D eigenvalue weighted by atomic mass is 10.0. The smallest absolute Gasteiger partial charge is 0.160 e. The molecule has 1 aliphatic rings. The maximum absolute atomic E-state index is 5.43. The summed E-state index contributed by atoms with van der Waals surface area (Å²) in [6.45, 7) is 0. The average Bonchev–Trinajstić information content (AvgIpc) is 4.35. The SMILES string of the molecule is C1=CC(c2nc(-c3ccccc3)cc(-c3cccc4c5ccc6c(c7ccccc7n6-c6ccc7c(c6)c6c(ccc8c9ccccc9n(-c9ccccc9)c86)n7-c6ccccc6)c5n(-c5ccccc5)c34)n2)=CCC1. The van der Waals surface area contributed by atoms with Crippen molar-refractivity contribution in [3.8, 4) is 45.3 Å². The first-order chi connectivity index (χ1) is 37.7. The van der Waals surface area contributed by atoms with Crippen molar-refractivity contribution in [2.45, 2.75) is 12.8 Å². The second-order valence-corrected chi connectivity index (χ2v) is 20.0. The first-order valence-electron chi connectivity index (χ1n) is 26.2. The molecule has 5 aromatic heterocycles. The minimum absolute atomic E-state index is 0.739. The van der Waals surface area contributed by atoms with Gasteiger partial charge < -0.3 is 18.3 Å². The molecule has 5 heterocycles. The largest absolute Gasteiger partial charge is 0.309 e. The lowest BCUT2D eigenvalue weighted by Gasteiger charge is -2.14. The van der Waals surface area contributed by atoms with E-state index < -0.39 is 0 Å². The maximum atomic E-state index is 5.43. The zero-order chi connectivity index (χ0) is 49.8. The summed E-state index contributed by atoms with van der Waals surface area (Å²) in [5, 5.41) is 9.62. The quantitative estimate of drug-likeness (QED) is 0.160. The standard InChI is InChI=1S/C70H46N6/c1-6-21-45(22-7-1)58-44-59(72-70(71-58)46-23-8-2-9-24-46)55-34-20-33-52-54-39-42-63-65(69(54)76(67(52)55)49-29-14-5-15-30-49)56-32-17-19-36-61(56)74(63)50-37-40-62-57(43-50)66-64(73(62)47-25-10-3-11-26-47)41-38-53-51-31-16-18-35-60(51)75(68(53)66)48-27-12-4-13-28-48/h1,3-8,10-44H,2,9H2. The molecule has 0 atom stereocenters. The Labute approximate surface area is 437 Å². The molecule has 16 rings (SSSR count). The van der Waals surface area contributed by atoms with Gasteiger partial charge in [0.1, 0.15) is 0 Å². The molecule has 0 N–H and O–H groups in total. The highest BCUT2D eigenvalue weighted by Crippen LogP contribution is 2.47. The minimum atomic E-state index is 0.739. The number of aromatic nitrogens is 6. The lowest BCUT2D eigenvalue weighted by molar-refractivity contribution is 1.03. The van der Waals surface area contributed by atoms with Gasteiger partial charge >= 0.3 is 0 Å². The van der Waals surface area contributed by atoms with Crippen LogP contribution < -0.4 is 0 Å². The van der Waals surface area contributed by atoms with Crippen LogP contribution in [0, 0.1) is 0 Å². The highest BCUT2D eigenvalue weighted by molar-refractivity contribution is 6.29. The Morgan fingerprint density at radius 2 is 0.829 bits per heavy atom. The molecular weight excluding hydrogens is 925 g/mol. The van der Waals surface area contributed by atoms with E-state index in [-0.39, 0.29) is 0 Å². The predicted molar refractivity (Wildman–Crippen MR) is 317 cm³/mol. The number of allylic oxidation sites excluding steroid dienone is 4. The molecule has 6 nitrogen and oxygen atoms in total. The molecular formula is C70H46N6. The van der Waals surface area contributed by atoms with Gasteiger partial charge in [0.15, 0.2) is 5.82 Å². The van der Waals surface area contributed by atoms with Crippen LogP contribution in [0.1, 0.15) is 18.7 Å². The summed E-state index contributed by atoms with van der Waals surface area (Å²) in [5.74, 6) is 0.739. The topological polar surface area (TPSA) is 45.5 Å². The molecule has 0 aliphatic heterocycles. The van der Waals surface area contributed by atoms with E-state index >= 15 is 0 Å². The molecule has 0 unspecified atom stereocenters. The molecule has 1 aliphatic carbocycles. The van der Waals surface area contributed by atoms with Crippen molar-refractivity contribution in [2.24, 2.45) is 0 Å². The fraction of sp³-hybridized carbons (Fsp3) is 0.0286. The zero-order valence-electron chi connectivity index (χ0n) is 41.3. The molecule has 6 heteroatoms. The Balaban J connectivity index is 1.00. The van der Waals surface area contributed by atoms with E-state index in [1.54, 1.807) is 0 Å². The summed E-state index contributed by atoms with van der Waals surface area (Å²) >= 11 is 0. The zero-order valence-corrected chi connectivity index (χ0v) is 41.3. The van der Waals surface area contributed by atoms with Gasteiger partial charge in [-0.15, -0.1) is 0 Å². The normalized spacial score (nSPS) is 12.9. The van der Waals surface area contributed by atoms with Crippen LogP contribution in [-0.2, 0) is 0 Å². The number of fused-ring (bicyclic) bond motifs is 14. The summed E-state index contributed by atoms with van der Waals surface area (Å²) in [4.78, 5) is 10.6. The van der Waals surface area contributed by atoms with Crippen LogP contribution in [0.15, 0.2) is 255 Å². The highest BCUT2D eigenvalue weighted by atomic mass is 15.0. The second kappa shape index (κ2) is 16.7. The summed E-state index contributed by atoms with van der Waals surface area (Å²) < 4.78 is 9.90. The fourth-order valence-electron chi connectivity index (χ4n) is 12.6. The van der Waals surface area contributed by atoms with Gasteiger partial charge in [0.05, 0.1) is 55.5 Å². The van der Waals surface area contributed by atoms with Crippen molar-refractivity contribution in [3.63, 3.8) is 0 Å². The van der Waals surface area contributed by atoms with Crippen LogP contribution >= 0.6 is 0 Å². The van der Waals surface area contributed by atoms with Crippen molar-refractivity contribution in [2.75, 3.05) is 0 Å². The Morgan fingerprint density at radius 1 is 0.316 bits per heavy atom. The van der Waals surface area contributed by atoms with Crippen LogP contribution in [0.3, 0.4) is 0 Å². The second-order valence-electron chi connectivity index (χ2n) is 20.0. The number of benzene rings is 10. The Kier molecular flexibility index (Phi) is 9.36. The molecule has 0 spiro atoms. The van der Waals surface area contributed by atoms with Gasteiger partial charge in [0, 0.05) is 82.5 Å². The summed E-state index contributed by atoms with van der Waals surface area (Å²) in [6.07, 6.45) is 8.67. The van der Waals surface area contributed by atoms with E-state index in [0.717, 1.165) is 103 Å². The van der Waals surface area contributed by atoms with Gasteiger partial charge in [0.2, 0.25) is 0 Å². The van der Waals surface area contributed by atoms with E-state index in [4.69, 9.17) is 9.97 Å². The van der Waals surface area contributed by atoms with Gasteiger partial charge in [-0.3, -0.25) is 0 Å². The number of hydrogen-bond acceptors (Lipinski definition) is 2. The van der Waals surface area contributed by atoms with Gasteiger partial charge in [-0.1, -0.05) is 170 Å². The molecule has 15 aromatic rings. The lowest BCUT2D eigenvalue weighted by Crippen LogP contribution is -2.01. The van der Waals surface area contributed by atoms with Crippen molar-refractivity contribution < 1.29 is 0 Å². The first kappa shape index (κ1) is 42.5. The monoisotopic (exact) mass is 970 g/mol.